The van der Waals surface area contributed by atoms with Crippen molar-refractivity contribution in [1.82, 2.24) is 9.80 Å². The second-order valence-electron chi connectivity index (χ2n) is 12.9. The number of carbonyl (C=O) groups is 4. The van der Waals surface area contributed by atoms with Crippen LogP contribution in [0.2, 0.25) is 0 Å². The Kier molecular flexibility index (Phi) is 5.05. The van der Waals surface area contributed by atoms with Gasteiger partial charge in [-0.1, -0.05) is 36.4 Å². The molecule has 6 nitrogen and oxygen atoms in total. The van der Waals surface area contributed by atoms with E-state index in [2.05, 4.69) is 5.32 Å². The summed E-state index contributed by atoms with van der Waals surface area (Å²) in [5.41, 5.74) is 6.99. The monoisotopic (exact) mass is 599 g/mol. The Morgan fingerprint density at radius 2 is 0.739 bits per heavy atom. The number of carbonyl (C=O) groups excluding carboxylic acids is 4. The van der Waals surface area contributed by atoms with E-state index >= 15 is 9.59 Å². The minimum absolute atomic E-state index is 0.297. The largest absolute Gasteiger partial charge is 0.364 e. The predicted octanol–water partition coefficient (Wildman–Crippen LogP) is 8.49. The molecular weight excluding hydrogens is 572 g/mol. The predicted molar refractivity (Wildman–Crippen MR) is 181 cm³/mol. The highest BCUT2D eigenvalue weighted by atomic mass is 16.2. The van der Waals surface area contributed by atoms with E-state index in [-0.39, 0.29) is 11.8 Å². The minimum atomic E-state index is -0.568. The third-order valence-corrected chi connectivity index (χ3v) is 9.88. The maximum atomic E-state index is 15.2. The average molecular weight is 600 g/mol. The molecule has 7 aromatic carbocycles. The van der Waals surface area contributed by atoms with Crippen LogP contribution >= 0.6 is 0 Å². The topological polar surface area (TPSA) is 80.3 Å². The highest BCUT2D eigenvalue weighted by molar-refractivity contribution is 6.43. The molecule has 0 aliphatic carbocycles. The zero-order chi connectivity index (χ0) is 31.8. The van der Waals surface area contributed by atoms with Gasteiger partial charge in [-0.2, -0.15) is 0 Å². The van der Waals surface area contributed by atoms with Crippen molar-refractivity contribution in [2.45, 2.75) is 27.7 Å². The average Bonchev–Trinajstić information content (AvgIpc) is 3.01. The lowest BCUT2D eigenvalue weighted by molar-refractivity contribution is 0.0693. The number of benzene rings is 7. The van der Waals surface area contributed by atoms with E-state index in [1.54, 1.807) is 12.1 Å². The van der Waals surface area contributed by atoms with Gasteiger partial charge in [0.05, 0.1) is 11.1 Å². The van der Waals surface area contributed by atoms with Crippen molar-refractivity contribution in [2.24, 2.45) is 0 Å². The molecule has 2 aliphatic rings. The number of nitrogens with one attached hydrogen (secondary N) is 1. The van der Waals surface area contributed by atoms with Crippen molar-refractivity contribution in [2.75, 3.05) is 0 Å². The van der Waals surface area contributed by atoms with Crippen LogP contribution in [0.15, 0.2) is 84.9 Å². The number of quaternary nitrogens is 1. The summed E-state index contributed by atoms with van der Waals surface area (Å²) in [5, 5.41) is 8.84. The summed E-state index contributed by atoms with van der Waals surface area (Å²) < 4.78 is -0.568. The second-order valence-corrected chi connectivity index (χ2v) is 12.9. The van der Waals surface area contributed by atoms with Crippen LogP contribution in [0.4, 0.5) is 11.4 Å². The lowest BCUT2D eigenvalue weighted by Crippen LogP contribution is -2.56. The van der Waals surface area contributed by atoms with Gasteiger partial charge in [0.25, 0.3) is 11.8 Å². The molecule has 2 heterocycles. The molecule has 220 valence electrons. The van der Waals surface area contributed by atoms with Crippen LogP contribution in [-0.2, 0) is 0 Å². The van der Waals surface area contributed by atoms with Crippen molar-refractivity contribution in [1.29, 1.82) is 0 Å². The van der Waals surface area contributed by atoms with Crippen LogP contribution in [0.1, 0.15) is 63.7 Å². The quantitative estimate of drug-likeness (QED) is 0.0935. The molecule has 0 atom stereocenters. The number of amides is 4. The summed E-state index contributed by atoms with van der Waals surface area (Å²) in [6.07, 6.45) is 0. The normalized spacial score (nSPS) is 15.5. The molecule has 0 aromatic heterocycles. The molecule has 0 saturated heterocycles. The molecule has 0 bridgehead atoms. The molecule has 46 heavy (non-hydrogen) atoms. The summed E-state index contributed by atoms with van der Waals surface area (Å²) in [6.45, 7) is 7.94. The van der Waals surface area contributed by atoms with Gasteiger partial charge in [0, 0.05) is 46.2 Å². The number of hydrogen-bond donors (Lipinski definition) is 1. The summed E-state index contributed by atoms with van der Waals surface area (Å²) in [5.74, 6) is -1.43. The lowest BCUT2D eigenvalue weighted by Gasteiger charge is -2.37. The molecule has 2 aliphatic heterocycles. The summed E-state index contributed by atoms with van der Waals surface area (Å²) in [7, 11) is 0. The van der Waals surface area contributed by atoms with Crippen LogP contribution in [0.25, 0.3) is 43.1 Å². The Labute approximate surface area is 263 Å². The summed E-state index contributed by atoms with van der Waals surface area (Å²) in [6, 6.07) is 26.8. The first-order chi connectivity index (χ1) is 22.1. The van der Waals surface area contributed by atoms with E-state index in [4.69, 9.17) is 0 Å². The zero-order valence-electron chi connectivity index (χ0n) is 25.7. The van der Waals surface area contributed by atoms with Gasteiger partial charge in [-0.15, -0.1) is 4.48 Å². The van der Waals surface area contributed by atoms with Crippen molar-refractivity contribution >= 4 is 78.1 Å². The molecular formula is C40H27N2O4+. The van der Waals surface area contributed by atoms with Gasteiger partial charge in [0.2, 0.25) is 0 Å². The van der Waals surface area contributed by atoms with E-state index in [0.29, 0.717) is 44.4 Å². The molecule has 0 fully saturated rings. The van der Waals surface area contributed by atoms with Crippen LogP contribution in [-0.4, -0.2) is 23.6 Å². The second kappa shape index (κ2) is 8.71. The molecule has 9 rings (SSSR count). The molecule has 0 radical (unpaired) electrons. The highest BCUT2D eigenvalue weighted by Crippen LogP contribution is 2.50. The van der Waals surface area contributed by atoms with E-state index in [0.717, 1.165) is 54.6 Å². The Hall–Kier alpha value is -5.72. The molecule has 4 amide bonds. The number of fused-ring (bicyclic) bond motifs is 2. The lowest BCUT2D eigenvalue weighted by atomic mass is 9.81. The Bertz CT molecular complexity index is 2420. The third-order valence-electron chi connectivity index (χ3n) is 9.88. The van der Waals surface area contributed by atoms with Crippen LogP contribution in [0.5, 0.6) is 0 Å². The van der Waals surface area contributed by atoms with Gasteiger partial charge in [-0.25, -0.2) is 9.59 Å². The van der Waals surface area contributed by atoms with Gasteiger partial charge in [0.15, 0.2) is 11.4 Å². The third kappa shape index (κ3) is 3.13. The Morgan fingerprint density at radius 1 is 0.413 bits per heavy atom. The molecule has 0 unspecified atom stereocenters. The standard InChI is InChI=1S/C40H26N2O4/c1-19-13-20(2)16-23(15-19)42(24-17-21(3)14-22(4)18-24)39(45)31-11-7-27-25-5-9-29-35-30(38(44)41-37(29)43)10-6-26(33(25)35)28-8-12-32(40(42)46)36(31)34(27)28/h5-18H,1-4H3/p+1. The molecule has 0 saturated carbocycles. The SMILES string of the molecule is Cc1cc(C)cc([N+]2(c3cc(C)cc(C)c3)C(=O)c3ccc4c5ccc6c7c(ccc(c8ccc(c3c48)C2=O)c75)C(=O)NC6=O)c1. The molecule has 7 aromatic rings. The number of nitrogens with zero attached hydrogens (tertiary/aromatic N) is 1. The summed E-state index contributed by atoms with van der Waals surface area (Å²) >= 11 is 0. The van der Waals surface area contributed by atoms with Crippen molar-refractivity contribution in [3.8, 4) is 0 Å². The number of rotatable bonds is 2. The number of aryl methyl sites for hydroxylation is 4. The van der Waals surface area contributed by atoms with Crippen molar-refractivity contribution in [3.63, 3.8) is 0 Å². The van der Waals surface area contributed by atoms with E-state index in [9.17, 15) is 9.59 Å². The minimum Gasteiger partial charge on any atom is -0.288 e. The van der Waals surface area contributed by atoms with Gasteiger partial charge < -0.3 is 0 Å². The molecule has 0 spiro atoms. The summed E-state index contributed by atoms with van der Waals surface area (Å²) in [4.78, 5) is 56.1. The maximum Gasteiger partial charge on any atom is 0.364 e. The van der Waals surface area contributed by atoms with Gasteiger partial charge in [-0.05, 0) is 107 Å². The van der Waals surface area contributed by atoms with Gasteiger partial charge in [0.1, 0.15) is 0 Å². The highest BCUT2D eigenvalue weighted by Gasteiger charge is 2.55. The fourth-order valence-corrected chi connectivity index (χ4v) is 8.22. The Morgan fingerprint density at radius 3 is 1.11 bits per heavy atom. The molecule has 1 N–H and O–H groups in total. The van der Waals surface area contributed by atoms with Crippen molar-refractivity contribution < 1.29 is 19.2 Å². The van der Waals surface area contributed by atoms with Gasteiger partial charge in [-0.3, -0.25) is 14.9 Å². The smallest absolute Gasteiger partial charge is 0.288 e. The van der Waals surface area contributed by atoms with E-state index < -0.39 is 16.3 Å². The maximum absolute atomic E-state index is 15.2. The first-order valence-electron chi connectivity index (χ1n) is 15.3. The first kappa shape index (κ1) is 26.7. The fraction of sp³-hybridized carbons (Fsp3) is 0.100. The number of hydrogen-bond acceptors (Lipinski definition) is 4. The van der Waals surface area contributed by atoms with Crippen molar-refractivity contribution in [3.05, 3.63) is 129 Å². The fourth-order valence-electron chi connectivity index (χ4n) is 8.22. The van der Waals surface area contributed by atoms with Gasteiger partial charge >= 0.3 is 11.8 Å². The van der Waals surface area contributed by atoms with Crippen LogP contribution in [0.3, 0.4) is 0 Å². The van der Waals surface area contributed by atoms with E-state index in [1.165, 1.54) is 0 Å². The number of imide groups is 2. The van der Waals surface area contributed by atoms with E-state index in [1.807, 2.05) is 100 Å². The first-order valence-corrected chi connectivity index (χ1v) is 15.3. The van der Waals surface area contributed by atoms with Crippen LogP contribution in [0, 0.1) is 27.7 Å². The molecule has 6 heteroatoms. The Balaban J connectivity index is 1.43. The van der Waals surface area contributed by atoms with Crippen LogP contribution < -0.4 is 9.80 Å². The zero-order valence-corrected chi connectivity index (χ0v) is 25.7.